The zero-order valence-corrected chi connectivity index (χ0v) is 19.1. The molecule has 0 saturated carbocycles. The molecule has 0 radical (unpaired) electrons. The summed E-state index contributed by atoms with van der Waals surface area (Å²) in [5, 5.41) is 3.12. The molecule has 0 saturated heterocycles. The second kappa shape index (κ2) is 10.0. The molecule has 1 amide bonds. The van der Waals surface area contributed by atoms with Crippen molar-refractivity contribution >= 4 is 21.6 Å². The number of nitrogens with zero attached hydrogens (tertiary/aromatic N) is 1. The molecule has 31 heavy (non-hydrogen) atoms. The van der Waals surface area contributed by atoms with Gasteiger partial charge in [-0.15, -0.1) is 0 Å². The molecule has 1 unspecified atom stereocenters. The highest BCUT2D eigenvalue weighted by Crippen LogP contribution is 2.32. The number of methoxy groups -OCH3 is 2. The van der Waals surface area contributed by atoms with Crippen LogP contribution >= 0.6 is 0 Å². The summed E-state index contributed by atoms with van der Waals surface area (Å²) in [6.45, 7) is 0.233. The fourth-order valence-corrected chi connectivity index (χ4v) is 4.92. The molecule has 0 aromatic heterocycles. The van der Waals surface area contributed by atoms with E-state index in [2.05, 4.69) is 5.32 Å². The highest BCUT2D eigenvalue weighted by molar-refractivity contribution is 7.92. The van der Waals surface area contributed by atoms with E-state index in [-0.39, 0.29) is 24.9 Å². The van der Waals surface area contributed by atoms with Gasteiger partial charge in [-0.1, -0.05) is 6.07 Å². The van der Waals surface area contributed by atoms with E-state index in [0.29, 0.717) is 17.9 Å². The Bertz CT molecular complexity index is 1010. The van der Waals surface area contributed by atoms with Gasteiger partial charge in [-0.2, -0.15) is 0 Å². The van der Waals surface area contributed by atoms with E-state index in [0.717, 1.165) is 30.6 Å². The van der Waals surface area contributed by atoms with Gasteiger partial charge in [-0.25, -0.2) is 8.42 Å². The summed E-state index contributed by atoms with van der Waals surface area (Å²) >= 11 is 0. The first-order valence-corrected chi connectivity index (χ1v) is 12.2. The van der Waals surface area contributed by atoms with E-state index in [1.165, 1.54) is 16.1 Å². The molecular formula is C23H30N2O5S. The van der Waals surface area contributed by atoms with Crippen LogP contribution in [0.15, 0.2) is 42.5 Å². The first-order chi connectivity index (χ1) is 14.8. The number of aryl methyl sites for hydroxylation is 1. The predicted octanol–water partition coefficient (Wildman–Crippen LogP) is 3.44. The number of sulfonamides is 1. The predicted molar refractivity (Wildman–Crippen MR) is 121 cm³/mol. The van der Waals surface area contributed by atoms with Gasteiger partial charge in [0.15, 0.2) is 0 Å². The van der Waals surface area contributed by atoms with Crippen molar-refractivity contribution in [1.29, 1.82) is 0 Å². The lowest BCUT2D eigenvalue weighted by atomic mass is 9.87. The van der Waals surface area contributed by atoms with Crippen LogP contribution < -0.4 is 19.1 Å². The Kier molecular flexibility index (Phi) is 7.43. The number of amides is 1. The maximum Gasteiger partial charge on any atom is 0.232 e. The summed E-state index contributed by atoms with van der Waals surface area (Å²) < 4.78 is 36.3. The summed E-state index contributed by atoms with van der Waals surface area (Å²) in [5.41, 5.74) is 2.90. The Morgan fingerprint density at radius 3 is 2.42 bits per heavy atom. The lowest BCUT2D eigenvalue weighted by molar-refractivity contribution is -0.122. The fraction of sp³-hybridized carbons (Fsp3) is 0.435. The largest absolute Gasteiger partial charge is 0.497 e. The lowest BCUT2D eigenvalue weighted by Gasteiger charge is -2.27. The Hall–Kier alpha value is -2.74. The minimum atomic E-state index is -3.46. The number of fused-ring (bicyclic) bond motifs is 1. The third-order valence-corrected chi connectivity index (χ3v) is 6.72. The van der Waals surface area contributed by atoms with Crippen molar-refractivity contribution in [3.8, 4) is 11.5 Å². The summed E-state index contributed by atoms with van der Waals surface area (Å²) in [7, 11) is -0.253. The summed E-state index contributed by atoms with van der Waals surface area (Å²) in [5.74, 6) is 1.41. The molecule has 1 N–H and O–H groups in total. The Balaban J connectivity index is 1.59. The van der Waals surface area contributed by atoms with Gasteiger partial charge in [0.05, 0.1) is 32.2 Å². The van der Waals surface area contributed by atoms with E-state index >= 15 is 0 Å². The lowest BCUT2D eigenvalue weighted by Crippen LogP contribution is -2.33. The molecule has 168 valence electrons. The average molecular weight is 447 g/mol. The van der Waals surface area contributed by atoms with E-state index in [1.807, 2.05) is 18.2 Å². The smallest absolute Gasteiger partial charge is 0.232 e. The number of hydrogen-bond acceptors (Lipinski definition) is 5. The number of rotatable bonds is 9. The van der Waals surface area contributed by atoms with Gasteiger partial charge in [-0.3, -0.25) is 9.10 Å². The second-order valence-corrected chi connectivity index (χ2v) is 9.62. The van der Waals surface area contributed by atoms with Crippen LogP contribution in [0.5, 0.6) is 11.5 Å². The molecule has 0 spiro atoms. The number of carbonyl (C=O) groups excluding carboxylic acids is 1. The molecular weight excluding hydrogens is 416 g/mol. The topological polar surface area (TPSA) is 84.9 Å². The molecule has 8 heteroatoms. The first kappa shape index (κ1) is 22.9. The number of carbonyl (C=O) groups is 1. The monoisotopic (exact) mass is 446 g/mol. The van der Waals surface area contributed by atoms with Gasteiger partial charge in [-0.05, 0) is 73.2 Å². The number of benzene rings is 2. The SMILES string of the molecule is COc1ccc(N(CCCC(=O)NC2CCCc3cc(OC)ccc32)S(C)(=O)=O)cc1. The van der Waals surface area contributed by atoms with Crippen LogP contribution in [0.25, 0.3) is 0 Å². The standard InChI is InChI=1S/C23H30N2O5S/c1-29-19-11-9-18(10-12-19)25(31(3,27)28)15-5-8-23(26)24-22-7-4-6-17-16-20(30-2)13-14-21(17)22/h9-14,16,22H,4-8,15H2,1-3H3,(H,24,26). The van der Waals surface area contributed by atoms with Crippen molar-refractivity contribution in [2.75, 3.05) is 31.3 Å². The second-order valence-electron chi connectivity index (χ2n) is 7.71. The number of anilines is 1. The summed E-state index contributed by atoms with van der Waals surface area (Å²) in [6, 6.07) is 12.8. The molecule has 0 heterocycles. The molecule has 0 bridgehead atoms. The van der Waals surface area contributed by atoms with Crippen LogP contribution in [0.1, 0.15) is 42.9 Å². The van der Waals surface area contributed by atoms with Gasteiger partial charge in [0.25, 0.3) is 0 Å². The van der Waals surface area contributed by atoms with Crippen LogP contribution in [0.2, 0.25) is 0 Å². The van der Waals surface area contributed by atoms with Crippen molar-refractivity contribution < 1.29 is 22.7 Å². The van der Waals surface area contributed by atoms with Gasteiger partial charge in [0.1, 0.15) is 11.5 Å². The first-order valence-electron chi connectivity index (χ1n) is 10.4. The molecule has 2 aromatic rings. The third-order valence-electron chi connectivity index (χ3n) is 5.53. The molecule has 7 nitrogen and oxygen atoms in total. The van der Waals surface area contributed by atoms with E-state index in [4.69, 9.17) is 9.47 Å². The molecule has 2 aromatic carbocycles. The normalized spacial score (nSPS) is 15.6. The van der Waals surface area contributed by atoms with Crippen molar-refractivity contribution in [3.05, 3.63) is 53.6 Å². The van der Waals surface area contributed by atoms with Crippen LogP contribution in [-0.2, 0) is 21.2 Å². The Labute approximate surface area is 184 Å². The van der Waals surface area contributed by atoms with Gasteiger partial charge in [0, 0.05) is 13.0 Å². The Morgan fingerprint density at radius 1 is 1.10 bits per heavy atom. The zero-order valence-electron chi connectivity index (χ0n) is 18.3. The molecule has 0 aliphatic heterocycles. The minimum absolute atomic E-state index is 0.0187. The number of nitrogens with one attached hydrogen (secondary N) is 1. The van der Waals surface area contributed by atoms with Crippen molar-refractivity contribution in [3.63, 3.8) is 0 Å². The Morgan fingerprint density at radius 2 is 1.77 bits per heavy atom. The molecule has 3 rings (SSSR count). The average Bonchev–Trinajstić information content (AvgIpc) is 2.76. The molecule has 1 aliphatic carbocycles. The van der Waals surface area contributed by atoms with Crippen LogP contribution in [0, 0.1) is 0 Å². The van der Waals surface area contributed by atoms with Crippen molar-refractivity contribution in [2.24, 2.45) is 0 Å². The molecule has 1 atom stereocenters. The van der Waals surface area contributed by atoms with Crippen LogP contribution in [0.4, 0.5) is 5.69 Å². The highest BCUT2D eigenvalue weighted by atomic mass is 32.2. The maximum atomic E-state index is 12.6. The van der Waals surface area contributed by atoms with Crippen molar-refractivity contribution in [1.82, 2.24) is 5.32 Å². The van der Waals surface area contributed by atoms with Gasteiger partial charge >= 0.3 is 0 Å². The quantitative estimate of drug-likeness (QED) is 0.638. The van der Waals surface area contributed by atoms with Gasteiger partial charge < -0.3 is 14.8 Å². The molecule has 1 aliphatic rings. The number of ether oxygens (including phenoxy) is 2. The van der Waals surface area contributed by atoms with E-state index < -0.39 is 10.0 Å². The minimum Gasteiger partial charge on any atom is -0.497 e. The zero-order chi connectivity index (χ0) is 22.4. The highest BCUT2D eigenvalue weighted by Gasteiger charge is 2.23. The summed E-state index contributed by atoms with van der Waals surface area (Å²) in [4.78, 5) is 12.6. The fourth-order valence-electron chi connectivity index (χ4n) is 3.95. The number of hydrogen-bond donors (Lipinski definition) is 1. The summed E-state index contributed by atoms with van der Waals surface area (Å²) in [6.07, 6.45) is 4.72. The van der Waals surface area contributed by atoms with E-state index in [1.54, 1.807) is 38.5 Å². The van der Waals surface area contributed by atoms with Crippen LogP contribution in [-0.4, -0.2) is 41.3 Å². The van der Waals surface area contributed by atoms with Crippen LogP contribution in [0.3, 0.4) is 0 Å². The maximum absolute atomic E-state index is 12.6. The van der Waals surface area contributed by atoms with Gasteiger partial charge in [0.2, 0.25) is 15.9 Å². The molecule has 0 fully saturated rings. The van der Waals surface area contributed by atoms with E-state index in [9.17, 15) is 13.2 Å². The third kappa shape index (κ3) is 5.91. The van der Waals surface area contributed by atoms with Crippen molar-refractivity contribution in [2.45, 2.75) is 38.1 Å².